The maximum Gasteiger partial charge on any atom is 0.245 e. The third kappa shape index (κ3) is 3.01. The van der Waals surface area contributed by atoms with E-state index in [1.807, 2.05) is 0 Å². The molecule has 1 unspecified atom stereocenters. The number of nitrogens with one attached hydrogen (secondary N) is 1. The Kier molecular flexibility index (Phi) is 4.05. The van der Waals surface area contributed by atoms with Gasteiger partial charge in [-0.25, -0.2) is 8.42 Å². The van der Waals surface area contributed by atoms with Crippen LogP contribution in [0.1, 0.15) is 27.2 Å². The molecule has 0 aromatic rings. The first-order valence-corrected chi connectivity index (χ1v) is 7.75. The number of amides is 2. The summed E-state index contributed by atoms with van der Waals surface area (Å²) in [7, 11) is -3.29. The fourth-order valence-corrected chi connectivity index (χ4v) is 2.15. The van der Waals surface area contributed by atoms with Gasteiger partial charge in [-0.2, -0.15) is 0 Å². The molecule has 2 amide bonds. The zero-order valence-corrected chi connectivity index (χ0v) is 12.0. The van der Waals surface area contributed by atoms with Crippen LogP contribution in [0.15, 0.2) is 0 Å². The molecule has 1 aliphatic heterocycles. The van der Waals surface area contributed by atoms with Gasteiger partial charge < -0.3 is 10.2 Å². The summed E-state index contributed by atoms with van der Waals surface area (Å²) in [5, 5.41) is 2.59. The molecule has 1 heterocycles. The van der Waals surface area contributed by atoms with E-state index in [0.717, 1.165) is 6.26 Å². The van der Waals surface area contributed by atoms with Gasteiger partial charge in [0, 0.05) is 12.8 Å². The molecule has 1 saturated heterocycles. The van der Waals surface area contributed by atoms with Crippen molar-refractivity contribution in [2.45, 2.75) is 38.0 Å². The molecule has 1 atom stereocenters. The molecule has 0 aromatic heterocycles. The van der Waals surface area contributed by atoms with Crippen LogP contribution in [0.5, 0.6) is 0 Å². The summed E-state index contributed by atoms with van der Waals surface area (Å²) in [5.74, 6) is -0.459. The molecule has 18 heavy (non-hydrogen) atoms. The van der Waals surface area contributed by atoms with E-state index in [0.29, 0.717) is 6.42 Å². The normalized spacial score (nSPS) is 22.0. The molecule has 7 heteroatoms. The standard InChI is InChI=1S/C11H20N2O4S/c1-5-8-10(15)13(6-9(14)12-8)7-11(2,3)18(4,16)17/h8H,5-7H2,1-4H3,(H,12,14). The summed E-state index contributed by atoms with van der Waals surface area (Å²) in [6, 6.07) is -0.540. The van der Waals surface area contributed by atoms with Crippen LogP contribution in [0.4, 0.5) is 0 Å². The largest absolute Gasteiger partial charge is 0.343 e. The van der Waals surface area contributed by atoms with Crippen molar-refractivity contribution in [2.75, 3.05) is 19.3 Å². The average Bonchev–Trinajstić information content (AvgIpc) is 2.20. The summed E-state index contributed by atoms with van der Waals surface area (Å²) in [4.78, 5) is 24.8. The van der Waals surface area contributed by atoms with Crippen LogP contribution in [0.3, 0.4) is 0 Å². The second-order valence-electron chi connectivity index (χ2n) is 5.25. The number of nitrogens with zero attached hydrogens (tertiary/aromatic N) is 1. The van der Waals surface area contributed by atoms with E-state index >= 15 is 0 Å². The van der Waals surface area contributed by atoms with E-state index in [1.54, 1.807) is 20.8 Å². The Morgan fingerprint density at radius 2 is 1.94 bits per heavy atom. The van der Waals surface area contributed by atoms with Crippen molar-refractivity contribution < 1.29 is 18.0 Å². The predicted octanol–water partition coefficient (Wildman–Crippen LogP) is -0.453. The van der Waals surface area contributed by atoms with Crippen LogP contribution in [0.25, 0.3) is 0 Å². The van der Waals surface area contributed by atoms with Gasteiger partial charge in [0.05, 0.1) is 11.3 Å². The lowest BCUT2D eigenvalue weighted by molar-refractivity contribution is -0.144. The minimum Gasteiger partial charge on any atom is -0.343 e. The highest BCUT2D eigenvalue weighted by Gasteiger charge is 2.38. The summed E-state index contributed by atoms with van der Waals surface area (Å²) in [6.45, 7) is 4.88. The Morgan fingerprint density at radius 3 is 2.39 bits per heavy atom. The molecule has 0 bridgehead atoms. The highest BCUT2D eigenvalue weighted by molar-refractivity contribution is 7.92. The molecule has 0 spiro atoms. The summed E-state index contributed by atoms with van der Waals surface area (Å²) in [5.41, 5.74) is 0. The number of piperazine rings is 1. The zero-order chi connectivity index (χ0) is 14.1. The van der Waals surface area contributed by atoms with Gasteiger partial charge in [0.25, 0.3) is 0 Å². The monoisotopic (exact) mass is 276 g/mol. The Hall–Kier alpha value is -1.11. The van der Waals surface area contributed by atoms with Crippen LogP contribution in [-0.2, 0) is 19.4 Å². The number of carbonyl (C=O) groups is 2. The lowest BCUT2D eigenvalue weighted by Gasteiger charge is -2.36. The molecule has 6 nitrogen and oxygen atoms in total. The third-order valence-electron chi connectivity index (χ3n) is 3.26. The second kappa shape index (κ2) is 4.87. The van der Waals surface area contributed by atoms with E-state index < -0.39 is 20.6 Å². The van der Waals surface area contributed by atoms with Gasteiger partial charge in [-0.3, -0.25) is 9.59 Å². The highest BCUT2D eigenvalue weighted by atomic mass is 32.2. The van der Waals surface area contributed by atoms with Crippen LogP contribution < -0.4 is 5.32 Å². The van der Waals surface area contributed by atoms with Gasteiger partial charge in [-0.15, -0.1) is 0 Å². The average molecular weight is 276 g/mol. The maximum atomic E-state index is 12.0. The molecule has 0 radical (unpaired) electrons. The van der Waals surface area contributed by atoms with Crippen molar-refractivity contribution in [1.29, 1.82) is 0 Å². The number of hydrogen-bond acceptors (Lipinski definition) is 4. The van der Waals surface area contributed by atoms with Gasteiger partial charge in [-0.1, -0.05) is 6.92 Å². The molecule has 0 aliphatic carbocycles. The summed E-state index contributed by atoms with van der Waals surface area (Å²) < 4.78 is 22.2. The zero-order valence-electron chi connectivity index (χ0n) is 11.2. The van der Waals surface area contributed by atoms with E-state index in [4.69, 9.17) is 0 Å². The maximum absolute atomic E-state index is 12.0. The first kappa shape index (κ1) is 14.9. The van der Waals surface area contributed by atoms with Gasteiger partial charge >= 0.3 is 0 Å². The minimum absolute atomic E-state index is 0.0363. The number of sulfone groups is 1. The molecule has 0 saturated carbocycles. The molecule has 0 aromatic carbocycles. The molecule has 1 aliphatic rings. The van der Waals surface area contributed by atoms with E-state index in [-0.39, 0.29) is 24.9 Å². The SMILES string of the molecule is CCC1NC(=O)CN(CC(C)(C)S(C)(=O)=O)C1=O. The summed E-state index contributed by atoms with van der Waals surface area (Å²) >= 11 is 0. The highest BCUT2D eigenvalue weighted by Crippen LogP contribution is 2.18. The predicted molar refractivity (Wildman–Crippen MR) is 67.7 cm³/mol. The Bertz CT molecular complexity index is 456. The quantitative estimate of drug-likeness (QED) is 0.753. The molecule has 1 N–H and O–H groups in total. The molecular weight excluding hydrogens is 256 g/mol. The van der Waals surface area contributed by atoms with E-state index in [2.05, 4.69) is 5.32 Å². The van der Waals surface area contributed by atoms with Crippen molar-refractivity contribution in [3.8, 4) is 0 Å². The van der Waals surface area contributed by atoms with Gasteiger partial charge in [0.2, 0.25) is 11.8 Å². The third-order valence-corrected chi connectivity index (χ3v) is 5.40. The fraction of sp³-hybridized carbons (Fsp3) is 0.818. The molecule has 104 valence electrons. The van der Waals surface area contributed by atoms with E-state index in [9.17, 15) is 18.0 Å². The van der Waals surface area contributed by atoms with Crippen LogP contribution in [0.2, 0.25) is 0 Å². The van der Waals surface area contributed by atoms with Crippen LogP contribution >= 0.6 is 0 Å². The van der Waals surface area contributed by atoms with Gasteiger partial charge in [-0.05, 0) is 20.3 Å². The van der Waals surface area contributed by atoms with Gasteiger partial charge in [0.15, 0.2) is 9.84 Å². The molecule has 1 fully saturated rings. The number of hydrogen-bond donors (Lipinski definition) is 1. The lowest BCUT2D eigenvalue weighted by Crippen LogP contribution is -2.60. The summed E-state index contributed by atoms with van der Waals surface area (Å²) in [6.07, 6.45) is 1.64. The Morgan fingerprint density at radius 1 is 1.39 bits per heavy atom. The second-order valence-corrected chi connectivity index (χ2v) is 7.90. The fourth-order valence-electron chi connectivity index (χ4n) is 1.76. The minimum atomic E-state index is -3.29. The molecule has 1 rings (SSSR count). The van der Waals surface area contributed by atoms with Crippen LogP contribution in [-0.4, -0.2) is 55.3 Å². The topological polar surface area (TPSA) is 83.6 Å². The van der Waals surface area contributed by atoms with Crippen molar-refractivity contribution in [3.05, 3.63) is 0 Å². The first-order valence-electron chi connectivity index (χ1n) is 5.86. The number of rotatable bonds is 4. The lowest BCUT2D eigenvalue weighted by atomic mass is 10.1. The van der Waals surface area contributed by atoms with Crippen molar-refractivity contribution in [1.82, 2.24) is 10.2 Å². The van der Waals surface area contributed by atoms with E-state index in [1.165, 1.54) is 4.90 Å². The van der Waals surface area contributed by atoms with Crippen LogP contribution in [0, 0.1) is 0 Å². The molecular formula is C11H20N2O4S. The smallest absolute Gasteiger partial charge is 0.245 e. The first-order chi connectivity index (χ1) is 8.08. The number of carbonyl (C=O) groups excluding carboxylic acids is 2. The van der Waals surface area contributed by atoms with Gasteiger partial charge in [0.1, 0.15) is 6.04 Å². The Balaban J connectivity index is 2.90. The van der Waals surface area contributed by atoms with Crippen molar-refractivity contribution >= 4 is 21.7 Å². The van der Waals surface area contributed by atoms with Crippen molar-refractivity contribution in [2.24, 2.45) is 0 Å². The van der Waals surface area contributed by atoms with Crippen molar-refractivity contribution in [3.63, 3.8) is 0 Å². The Labute approximate surface area is 108 Å².